The quantitative estimate of drug-likeness (QED) is 0.227. The van der Waals surface area contributed by atoms with E-state index in [-0.39, 0.29) is 0 Å². The Hall–Kier alpha value is -4.33. The van der Waals surface area contributed by atoms with Crippen LogP contribution < -0.4 is 25.4 Å². The summed E-state index contributed by atoms with van der Waals surface area (Å²) in [5, 5.41) is 6.46. The fraction of sp³-hybridized carbons (Fsp3) is 0. The molecular formula is C32H19O3P. The van der Waals surface area contributed by atoms with Crippen LogP contribution in [0.2, 0.25) is 0 Å². The van der Waals surface area contributed by atoms with E-state index in [1.807, 2.05) is 84.9 Å². The van der Waals surface area contributed by atoms with Gasteiger partial charge in [-0.2, -0.15) is 0 Å². The molecule has 2 aliphatic heterocycles. The Morgan fingerprint density at radius 3 is 2.00 bits per heavy atom. The lowest BCUT2D eigenvalue weighted by molar-refractivity contribution is 0.462. The van der Waals surface area contributed by atoms with Crippen molar-refractivity contribution in [1.29, 1.82) is 0 Å². The van der Waals surface area contributed by atoms with Crippen LogP contribution in [0.4, 0.5) is 0 Å². The van der Waals surface area contributed by atoms with Gasteiger partial charge in [-0.3, -0.25) is 0 Å². The van der Waals surface area contributed by atoms with Gasteiger partial charge < -0.3 is 14.0 Å². The van der Waals surface area contributed by atoms with Crippen molar-refractivity contribution >= 4 is 44.6 Å². The molecule has 1 unspecified atom stereocenters. The van der Waals surface area contributed by atoms with E-state index in [0.717, 1.165) is 37.9 Å². The van der Waals surface area contributed by atoms with Crippen LogP contribution in [-0.4, -0.2) is 0 Å². The first kappa shape index (κ1) is 19.9. The maximum atomic E-state index is 15.4. The minimum Gasteiger partial charge on any atom is -0.456 e. The summed E-state index contributed by atoms with van der Waals surface area (Å²) in [7, 11) is -3.26. The molecule has 2 aliphatic rings. The van der Waals surface area contributed by atoms with Gasteiger partial charge >= 0.3 is 0 Å². The van der Waals surface area contributed by atoms with E-state index in [1.165, 1.54) is 5.39 Å². The van der Waals surface area contributed by atoms with Crippen LogP contribution in [0.15, 0.2) is 115 Å². The fourth-order valence-corrected chi connectivity index (χ4v) is 8.87. The van der Waals surface area contributed by atoms with Crippen LogP contribution >= 0.6 is 7.14 Å². The molecule has 0 bridgehead atoms. The van der Waals surface area contributed by atoms with Gasteiger partial charge in [0.05, 0.1) is 10.6 Å². The molecule has 0 aliphatic carbocycles. The Morgan fingerprint density at radius 1 is 0.472 bits per heavy atom. The average Bonchev–Trinajstić information content (AvgIpc) is 2.92. The molecule has 0 amide bonds. The molecule has 0 saturated carbocycles. The van der Waals surface area contributed by atoms with Crippen molar-refractivity contribution in [2.45, 2.75) is 0 Å². The number of hydrogen-bond acceptors (Lipinski definition) is 3. The molecule has 0 fully saturated rings. The van der Waals surface area contributed by atoms with Crippen LogP contribution in [-0.2, 0) is 4.57 Å². The summed E-state index contributed by atoms with van der Waals surface area (Å²) in [6, 6.07) is 38.5. The molecule has 4 heteroatoms. The third-order valence-electron chi connectivity index (χ3n) is 7.26. The highest BCUT2D eigenvalue weighted by atomic mass is 31.2. The van der Waals surface area contributed by atoms with E-state index < -0.39 is 7.14 Å². The Bertz CT molecular complexity index is 1920. The van der Waals surface area contributed by atoms with Crippen LogP contribution in [0.1, 0.15) is 0 Å². The summed E-state index contributed by atoms with van der Waals surface area (Å²) in [5.41, 5.74) is 2.02. The standard InChI is InChI=1S/C32H19O3P/c33-36-30-12-6-5-11-26(30)34-28-18-24(23-14-13-20-7-1-2-9-22(20)17-23)19-29(32(28)36)35-27-16-15-21-8-3-4-10-25(21)31(27)36/h1-19H. The van der Waals surface area contributed by atoms with Gasteiger partial charge in [-0.05, 0) is 69.1 Å². The monoisotopic (exact) mass is 482 g/mol. The Kier molecular flexibility index (Phi) is 3.93. The minimum atomic E-state index is -3.26. The maximum Gasteiger partial charge on any atom is 0.186 e. The van der Waals surface area contributed by atoms with Crippen molar-refractivity contribution in [2.75, 3.05) is 0 Å². The summed E-state index contributed by atoms with van der Waals surface area (Å²) in [4.78, 5) is 0. The van der Waals surface area contributed by atoms with E-state index in [9.17, 15) is 0 Å². The number of benzene rings is 6. The van der Waals surface area contributed by atoms with E-state index in [4.69, 9.17) is 9.47 Å². The van der Waals surface area contributed by atoms with Gasteiger partial charge in [0.1, 0.15) is 28.3 Å². The highest BCUT2D eigenvalue weighted by Gasteiger charge is 2.47. The highest BCUT2D eigenvalue weighted by Crippen LogP contribution is 2.60. The van der Waals surface area contributed by atoms with Crippen LogP contribution in [0, 0.1) is 0 Å². The second-order valence-corrected chi connectivity index (χ2v) is 11.9. The molecule has 0 aromatic heterocycles. The fourth-order valence-electron chi connectivity index (χ4n) is 5.62. The van der Waals surface area contributed by atoms with E-state index in [1.54, 1.807) is 0 Å². The first-order valence-electron chi connectivity index (χ1n) is 12.0. The van der Waals surface area contributed by atoms with Crippen LogP contribution in [0.25, 0.3) is 32.7 Å². The van der Waals surface area contributed by atoms with E-state index in [0.29, 0.717) is 28.3 Å². The Labute approximate surface area is 207 Å². The molecule has 0 N–H and O–H groups in total. The first-order valence-corrected chi connectivity index (χ1v) is 13.7. The molecule has 170 valence electrons. The zero-order valence-electron chi connectivity index (χ0n) is 19.1. The van der Waals surface area contributed by atoms with Crippen LogP contribution in [0.3, 0.4) is 0 Å². The zero-order valence-corrected chi connectivity index (χ0v) is 20.0. The second-order valence-electron chi connectivity index (χ2n) is 9.30. The van der Waals surface area contributed by atoms with Gasteiger partial charge in [-0.15, -0.1) is 0 Å². The van der Waals surface area contributed by atoms with Crippen molar-refractivity contribution in [3.05, 3.63) is 115 Å². The first-order chi connectivity index (χ1) is 17.7. The molecule has 2 heterocycles. The normalized spacial score (nSPS) is 17.0. The summed E-state index contributed by atoms with van der Waals surface area (Å²) >= 11 is 0. The maximum absolute atomic E-state index is 15.4. The molecule has 6 aromatic carbocycles. The third-order valence-corrected chi connectivity index (χ3v) is 10.5. The number of hydrogen-bond donors (Lipinski definition) is 0. The number of ether oxygens (including phenoxy) is 2. The molecule has 36 heavy (non-hydrogen) atoms. The number of rotatable bonds is 1. The summed E-state index contributed by atoms with van der Waals surface area (Å²) < 4.78 is 28.3. The lowest BCUT2D eigenvalue weighted by Gasteiger charge is -2.35. The van der Waals surface area contributed by atoms with Gasteiger partial charge in [-0.1, -0.05) is 78.9 Å². The van der Waals surface area contributed by atoms with Crippen molar-refractivity contribution in [2.24, 2.45) is 0 Å². The van der Waals surface area contributed by atoms with Crippen LogP contribution in [0.5, 0.6) is 23.0 Å². The Balaban J connectivity index is 1.44. The highest BCUT2D eigenvalue weighted by molar-refractivity contribution is 7.86. The molecule has 0 saturated heterocycles. The largest absolute Gasteiger partial charge is 0.456 e. The third kappa shape index (κ3) is 2.61. The van der Waals surface area contributed by atoms with Gasteiger partial charge in [0.2, 0.25) is 0 Å². The Morgan fingerprint density at radius 2 is 1.14 bits per heavy atom. The molecule has 3 nitrogen and oxygen atoms in total. The van der Waals surface area contributed by atoms with Gasteiger partial charge in [0.15, 0.2) is 7.14 Å². The summed E-state index contributed by atoms with van der Waals surface area (Å²) in [6.07, 6.45) is 0. The number of fused-ring (bicyclic) bond motifs is 7. The van der Waals surface area contributed by atoms with E-state index >= 15 is 4.57 Å². The molecular weight excluding hydrogens is 463 g/mol. The van der Waals surface area contributed by atoms with Gasteiger partial charge in [-0.25, -0.2) is 0 Å². The summed E-state index contributed by atoms with van der Waals surface area (Å²) in [5.74, 6) is 2.46. The van der Waals surface area contributed by atoms with Crippen molar-refractivity contribution in [1.82, 2.24) is 0 Å². The topological polar surface area (TPSA) is 35.5 Å². The predicted octanol–water partition coefficient (Wildman–Crippen LogP) is 7.51. The summed E-state index contributed by atoms with van der Waals surface area (Å²) in [6.45, 7) is 0. The van der Waals surface area contributed by atoms with Crippen molar-refractivity contribution in [3.63, 3.8) is 0 Å². The van der Waals surface area contributed by atoms with Gasteiger partial charge in [0.25, 0.3) is 0 Å². The lowest BCUT2D eigenvalue weighted by atomic mass is 10.0. The molecule has 0 spiro atoms. The average molecular weight is 482 g/mol. The van der Waals surface area contributed by atoms with Crippen molar-refractivity contribution in [3.8, 4) is 34.1 Å². The molecule has 8 rings (SSSR count). The molecule has 0 radical (unpaired) electrons. The molecule has 1 atom stereocenters. The molecule has 6 aromatic rings. The lowest BCUT2D eigenvalue weighted by Crippen LogP contribution is -2.35. The second kappa shape index (κ2) is 7.10. The van der Waals surface area contributed by atoms with Gasteiger partial charge in [0, 0.05) is 0 Å². The SMILES string of the molecule is O=P12c3ccccc3Oc3cc(-c4ccc5ccccc5c4)cc(c31)Oc1ccc3ccccc3c12. The smallest absolute Gasteiger partial charge is 0.186 e. The van der Waals surface area contributed by atoms with Crippen molar-refractivity contribution < 1.29 is 14.0 Å². The number of para-hydroxylation sites is 1. The zero-order chi connectivity index (χ0) is 23.9. The predicted molar refractivity (Wildman–Crippen MR) is 146 cm³/mol. The minimum absolute atomic E-state index is 0.594. The van der Waals surface area contributed by atoms with E-state index in [2.05, 4.69) is 30.3 Å².